The molecule has 0 atom stereocenters. The summed E-state index contributed by atoms with van der Waals surface area (Å²) in [5.74, 6) is -0.876. The molecule has 120 valence electrons. The van der Waals surface area contributed by atoms with Gasteiger partial charge in [-0.15, -0.1) is 0 Å². The van der Waals surface area contributed by atoms with Crippen molar-refractivity contribution < 1.29 is 14.3 Å². The van der Waals surface area contributed by atoms with Crippen LogP contribution in [0.25, 0.3) is 10.9 Å². The van der Waals surface area contributed by atoms with Crippen molar-refractivity contribution in [3.63, 3.8) is 0 Å². The average molecular weight is 322 g/mol. The van der Waals surface area contributed by atoms with Gasteiger partial charge in [-0.1, -0.05) is 24.3 Å². The third-order valence-corrected chi connectivity index (χ3v) is 3.33. The summed E-state index contributed by atoms with van der Waals surface area (Å²) in [5.41, 5.74) is 5.77. The Morgan fingerprint density at radius 3 is 2.58 bits per heavy atom. The van der Waals surface area contributed by atoms with Crippen LogP contribution < -0.4 is 15.6 Å². The van der Waals surface area contributed by atoms with Crippen LogP contribution in [0.4, 0.5) is 0 Å². The normalized spacial score (nSPS) is 10.2. The Bertz CT molecular complexity index is 911. The van der Waals surface area contributed by atoms with Gasteiger partial charge in [-0.05, 0) is 24.3 Å². The fourth-order valence-corrected chi connectivity index (χ4v) is 2.16. The summed E-state index contributed by atoms with van der Waals surface area (Å²) in [7, 11) is 1.41. The lowest BCUT2D eigenvalue weighted by atomic mass is 10.2. The number of hydrogen-bond donors (Lipinski definition) is 2. The highest BCUT2D eigenvalue weighted by Gasteiger charge is 2.14. The first-order valence-electron chi connectivity index (χ1n) is 7.14. The van der Waals surface area contributed by atoms with E-state index in [4.69, 9.17) is 4.74 Å². The molecule has 0 saturated heterocycles. The molecule has 24 heavy (non-hydrogen) atoms. The second-order valence-electron chi connectivity index (χ2n) is 4.86. The van der Waals surface area contributed by atoms with E-state index < -0.39 is 11.8 Å². The maximum atomic E-state index is 12.1. The number of ether oxygens (including phenoxy) is 1. The van der Waals surface area contributed by atoms with Crippen LogP contribution in [0.1, 0.15) is 20.8 Å². The minimum atomic E-state index is -0.533. The molecule has 0 saturated carbocycles. The highest BCUT2D eigenvalue weighted by molar-refractivity contribution is 6.00. The van der Waals surface area contributed by atoms with Gasteiger partial charge in [0.05, 0.1) is 12.6 Å². The molecule has 0 fully saturated rings. The summed E-state index contributed by atoms with van der Waals surface area (Å²) in [6.45, 7) is 0. The molecule has 7 nitrogen and oxygen atoms in total. The maximum Gasteiger partial charge on any atom is 0.288 e. The topological polar surface area (TPSA) is 93.2 Å². The maximum absolute atomic E-state index is 12.1. The Morgan fingerprint density at radius 1 is 0.958 bits per heavy atom. The Morgan fingerprint density at radius 2 is 1.75 bits per heavy atom. The number of benzene rings is 1. The van der Waals surface area contributed by atoms with Gasteiger partial charge in [0.15, 0.2) is 0 Å². The predicted molar refractivity (Wildman–Crippen MR) is 87.5 cm³/mol. The first-order valence-corrected chi connectivity index (χ1v) is 7.14. The Balaban J connectivity index is 1.71. The number of nitrogens with one attached hydrogen (secondary N) is 2. The molecule has 1 aromatic carbocycles. The molecule has 0 aliphatic rings. The van der Waals surface area contributed by atoms with Gasteiger partial charge in [-0.2, -0.15) is 0 Å². The molecule has 3 aromatic rings. The average Bonchev–Trinajstić information content (AvgIpc) is 2.65. The van der Waals surface area contributed by atoms with E-state index in [2.05, 4.69) is 20.8 Å². The lowest BCUT2D eigenvalue weighted by molar-refractivity contribution is 0.0842. The van der Waals surface area contributed by atoms with E-state index in [-0.39, 0.29) is 17.1 Å². The number of para-hydroxylation sites is 1. The van der Waals surface area contributed by atoms with E-state index in [0.29, 0.717) is 5.52 Å². The number of fused-ring (bicyclic) bond motifs is 1. The van der Waals surface area contributed by atoms with E-state index in [1.54, 1.807) is 24.3 Å². The third-order valence-electron chi connectivity index (χ3n) is 3.33. The van der Waals surface area contributed by atoms with E-state index in [1.807, 2.05) is 24.3 Å². The first-order chi connectivity index (χ1) is 11.7. The Kier molecular flexibility index (Phi) is 4.33. The molecular weight excluding hydrogens is 308 g/mol. The fourth-order valence-electron chi connectivity index (χ4n) is 2.16. The molecule has 0 radical (unpaired) electrons. The van der Waals surface area contributed by atoms with Crippen molar-refractivity contribution in [2.45, 2.75) is 0 Å². The lowest BCUT2D eigenvalue weighted by Gasteiger charge is -2.09. The van der Waals surface area contributed by atoms with Gasteiger partial charge in [-0.25, -0.2) is 9.97 Å². The van der Waals surface area contributed by atoms with Crippen LogP contribution in [0, 0.1) is 0 Å². The fraction of sp³-hybridized carbons (Fsp3) is 0.0588. The highest BCUT2D eigenvalue weighted by Crippen LogP contribution is 2.13. The van der Waals surface area contributed by atoms with Crippen LogP contribution in [-0.4, -0.2) is 28.9 Å². The van der Waals surface area contributed by atoms with Crippen molar-refractivity contribution in [2.75, 3.05) is 7.11 Å². The van der Waals surface area contributed by atoms with Crippen LogP contribution in [0.15, 0.2) is 54.7 Å². The molecule has 0 bridgehead atoms. The number of hydrogen-bond acceptors (Lipinski definition) is 5. The number of carbonyl (C=O) groups excluding carboxylic acids is 2. The summed E-state index contributed by atoms with van der Waals surface area (Å²) in [5, 5.41) is 0.929. The van der Waals surface area contributed by atoms with Gasteiger partial charge < -0.3 is 4.74 Å². The Hall–Kier alpha value is -3.48. The molecule has 0 unspecified atom stereocenters. The summed E-state index contributed by atoms with van der Waals surface area (Å²) in [6.07, 6.45) is 1.51. The standard InChI is InChI=1S/C17H14N4O3/c1-24-17-12(6-4-10-18-17)15(22)20-21-16(23)14-9-8-11-5-2-3-7-13(11)19-14/h2-10H,1H3,(H,20,22)(H,21,23). The number of nitrogens with zero attached hydrogens (tertiary/aromatic N) is 2. The summed E-state index contributed by atoms with van der Waals surface area (Å²) in [4.78, 5) is 32.4. The van der Waals surface area contributed by atoms with Gasteiger partial charge in [0.25, 0.3) is 11.8 Å². The molecule has 0 spiro atoms. The second-order valence-corrected chi connectivity index (χ2v) is 4.86. The monoisotopic (exact) mass is 322 g/mol. The number of aromatic nitrogens is 2. The van der Waals surface area contributed by atoms with Crippen molar-refractivity contribution >= 4 is 22.7 Å². The van der Waals surface area contributed by atoms with Gasteiger partial charge >= 0.3 is 0 Å². The SMILES string of the molecule is COc1ncccc1C(=O)NNC(=O)c1ccc2ccccc2n1. The van der Waals surface area contributed by atoms with Crippen LogP contribution in [0.3, 0.4) is 0 Å². The van der Waals surface area contributed by atoms with Gasteiger partial charge in [-0.3, -0.25) is 20.4 Å². The number of methoxy groups -OCH3 is 1. The molecule has 0 aliphatic carbocycles. The minimum absolute atomic E-state index is 0.174. The molecular formula is C17H14N4O3. The second kappa shape index (κ2) is 6.74. The molecule has 0 aliphatic heterocycles. The largest absolute Gasteiger partial charge is 0.480 e. The van der Waals surface area contributed by atoms with Crippen molar-refractivity contribution in [3.8, 4) is 5.88 Å². The zero-order valence-electron chi connectivity index (χ0n) is 12.8. The molecule has 2 N–H and O–H groups in total. The smallest absolute Gasteiger partial charge is 0.288 e. The van der Waals surface area contributed by atoms with Crippen molar-refractivity contribution in [1.29, 1.82) is 0 Å². The zero-order valence-corrected chi connectivity index (χ0v) is 12.8. The molecule has 3 rings (SSSR count). The van der Waals surface area contributed by atoms with Crippen LogP contribution in [0.5, 0.6) is 5.88 Å². The van der Waals surface area contributed by atoms with E-state index in [0.717, 1.165) is 5.39 Å². The minimum Gasteiger partial charge on any atom is -0.480 e. The molecule has 2 aromatic heterocycles. The highest BCUT2D eigenvalue weighted by atomic mass is 16.5. The lowest BCUT2D eigenvalue weighted by Crippen LogP contribution is -2.42. The number of rotatable bonds is 3. The number of hydrazine groups is 1. The van der Waals surface area contributed by atoms with Crippen LogP contribution in [0.2, 0.25) is 0 Å². The molecule has 7 heteroatoms. The quantitative estimate of drug-likeness (QED) is 0.716. The summed E-state index contributed by atoms with van der Waals surface area (Å²) < 4.78 is 5.01. The van der Waals surface area contributed by atoms with Gasteiger partial charge in [0.2, 0.25) is 5.88 Å². The number of pyridine rings is 2. The predicted octanol–water partition coefficient (Wildman–Crippen LogP) is 1.71. The van der Waals surface area contributed by atoms with E-state index >= 15 is 0 Å². The van der Waals surface area contributed by atoms with Gasteiger partial charge in [0.1, 0.15) is 11.3 Å². The van der Waals surface area contributed by atoms with Crippen LogP contribution in [-0.2, 0) is 0 Å². The summed E-state index contributed by atoms with van der Waals surface area (Å²) >= 11 is 0. The third kappa shape index (κ3) is 3.14. The number of amides is 2. The van der Waals surface area contributed by atoms with E-state index in [1.165, 1.54) is 13.3 Å². The number of carbonyl (C=O) groups is 2. The van der Waals surface area contributed by atoms with Crippen molar-refractivity contribution in [3.05, 3.63) is 66.0 Å². The van der Waals surface area contributed by atoms with E-state index in [9.17, 15) is 9.59 Å². The van der Waals surface area contributed by atoms with Gasteiger partial charge in [0, 0.05) is 11.6 Å². The first kappa shape index (κ1) is 15.4. The van der Waals surface area contributed by atoms with Crippen LogP contribution >= 0.6 is 0 Å². The zero-order chi connectivity index (χ0) is 16.9. The van der Waals surface area contributed by atoms with Crippen molar-refractivity contribution in [1.82, 2.24) is 20.8 Å². The Labute approximate surface area is 137 Å². The summed E-state index contributed by atoms with van der Waals surface area (Å²) in [6, 6.07) is 14.0. The van der Waals surface area contributed by atoms with Crippen molar-refractivity contribution in [2.24, 2.45) is 0 Å². The molecule has 2 heterocycles. The molecule has 2 amide bonds.